The van der Waals surface area contributed by atoms with Crippen LogP contribution in [-0.4, -0.2) is 83.2 Å². The van der Waals surface area contributed by atoms with Crippen LogP contribution in [0.1, 0.15) is 17.5 Å². The third-order valence-electron chi connectivity index (χ3n) is 8.15. The van der Waals surface area contributed by atoms with E-state index in [1.54, 1.807) is 0 Å². The lowest BCUT2D eigenvalue weighted by atomic mass is 9.80. The van der Waals surface area contributed by atoms with Crippen molar-refractivity contribution in [3.63, 3.8) is 0 Å². The molecule has 11 nitrogen and oxygen atoms in total. The van der Waals surface area contributed by atoms with Gasteiger partial charge in [-0.25, -0.2) is 17.1 Å². The minimum Gasteiger partial charge on any atom is -0.497 e. The first-order valence-corrected chi connectivity index (χ1v) is 15.8. The van der Waals surface area contributed by atoms with Crippen LogP contribution in [0.5, 0.6) is 23.0 Å². The second-order valence-corrected chi connectivity index (χ2v) is 13.3. The van der Waals surface area contributed by atoms with E-state index in [2.05, 4.69) is 4.74 Å². The molecule has 17 heteroatoms. The van der Waals surface area contributed by atoms with Gasteiger partial charge < -0.3 is 23.8 Å². The highest BCUT2D eigenvalue weighted by Gasteiger charge is 2.64. The van der Waals surface area contributed by atoms with Gasteiger partial charge in [0.05, 0.1) is 18.8 Å². The van der Waals surface area contributed by atoms with Gasteiger partial charge >= 0.3 is 6.36 Å². The number of nitrogens with zero attached hydrogens (tertiary/aromatic N) is 3. The van der Waals surface area contributed by atoms with E-state index in [4.69, 9.17) is 25.8 Å². The van der Waals surface area contributed by atoms with Gasteiger partial charge in [-0.2, -0.15) is 0 Å². The fourth-order valence-corrected chi connectivity index (χ4v) is 8.04. The lowest BCUT2D eigenvalue weighted by Gasteiger charge is -2.41. The van der Waals surface area contributed by atoms with Crippen molar-refractivity contribution in [3.8, 4) is 23.0 Å². The molecular formula is C30H26ClF4N3O8S. The Morgan fingerprint density at radius 3 is 2.51 bits per heavy atom. The van der Waals surface area contributed by atoms with Gasteiger partial charge in [-0.05, 0) is 36.4 Å². The van der Waals surface area contributed by atoms with Crippen molar-refractivity contribution in [1.29, 1.82) is 0 Å². The lowest BCUT2D eigenvalue weighted by Crippen LogP contribution is -2.59. The predicted octanol–water partition coefficient (Wildman–Crippen LogP) is 4.46. The number of ether oxygens (including phenoxy) is 4. The Balaban J connectivity index is 1.66. The smallest absolute Gasteiger partial charge is 0.497 e. The molecule has 47 heavy (non-hydrogen) atoms. The summed E-state index contributed by atoms with van der Waals surface area (Å²) in [7, 11) is -1.22. The highest BCUT2D eigenvalue weighted by Crippen LogP contribution is 2.57. The molecule has 2 amide bonds. The summed E-state index contributed by atoms with van der Waals surface area (Å²) in [4.78, 5) is 30.2. The average molecular weight is 700 g/mol. The molecule has 3 aliphatic rings. The van der Waals surface area contributed by atoms with Crippen molar-refractivity contribution >= 4 is 39.1 Å². The predicted molar refractivity (Wildman–Crippen MR) is 158 cm³/mol. The molecule has 0 saturated carbocycles. The number of carbonyl (C=O) groups excluding carboxylic acids is 2. The molecule has 0 bridgehead atoms. The van der Waals surface area contributed by atoms with Gasteiger partial charge in [0, 0.05) is 49.3 Å². The van der Waals surface area contributed by atoms with Crippen LogP contribution in [0.25, 0.3) is 0 Å². The maximum atomic E-state index is 15.4. The Labute approximate surface area is 271 Å². The fourth-order valence-electron chi connectivity index (χ4n) is 6.31. The maximum absolute atomic E-state index is 15.4. The van der Waals surface area contributed by atoms with Crippen molar-refractivity contribution < 1.29 is 54.5 Å². The van der Waals surface area contributed by atoms with Crippen LogP contribution in [-0.2, 0) is 25.2 Å². The number of para-hydroxylation sites is 1. The summed E-state index contributed by atoms with van der Waals surface area (Å²) >= 11 is 6.44. The van der Waals surface area contributed by atoms with Gasteiger partial charge in [0.15, 0.2) is 22.8 Å². The zero-order valence-corrected chi connectivity index (χ0v) is 26.5. The molecule has 3 heterocycles. The third-order valence-corrected chi connectivity index (χ3v) is 10.1. The van der Waals surface area contributed by atoms with Gasteiger partial charge in [-0.3, -0.25) is 14.5 Å². The standard InChI is InChI=1S/C30H26ClF4N3O8S/c1-36(2)27(39)22-12-17(32)14-37(22)29(19-5-4-6-23-26(19)45-15-44-23)20-11-16(31)7-9-21(20)38(28(29)40)47(41,42)25-10-8-18(43-3)13-24(25)46-30(33,34)35/h4-11,13,17,22H,12,14-15H2,1-3H3/t17-,22+,29?/m0/s1. The first kappa shape index (κ1) is 32.7. The van der Waals surface area contributed by atoms with Crippen molar-refractivity contribution in [3.05, 3.63) is 70.7 Å². The van der Waals surface area contributed by atoms with Crippen LogP contribution in [0.2, 0.25) is 5.02 Å². The number of alkyl halides is 4. The minimum absolute atomic E-state index is 0.00543. The number of carbonyl (C=O) groups is 2. The maximum Gasteiger partial charge on any atom is 0.573 e. The quantitative estimate of drug-likeness (QED) is 0.330. The largest absolute Gasteiger partial charge is 0.573 e. The second-order valence-electron chi connectivity index (χ2n) is 11.1. The first-order valence-electron chi connectivity index (χ1n) is 14.0. The highest BCUT2D eigenvalue weighted by molar-refractivity contribution is 7.93. The molecule has 3 aromatic carbocycles. The van der Waals surface area contributed by atoms with E-state index in [0.29, 0.717) is 10.4 Å². The molecule has 0 aliphatic carbocycles. The van der Waals surface area contributed by atoms with E-state index in [0.717, 1.165) is 19.2 Å². The molecule has 6 rings (SSSR count). The fraction of sp³-hybridized carbons (Fsp3) is 0.333. The molecule has 250 valence electrons. The zero-order valence-electron chi connectivity index (χ0n) is 24.9. The van der Waals surface area contributed by atoms with Gasteiger partial charge in [-0.15, -0.1) is 13.2 Å². The number of halogens is 5. The Morgan fingerprint density at radius 2 is 1.83 bits per heavy atom. The molecule has 1 unspecified atom stereocenters. The number of sulfonamides is 1. The molecule has 0 N–H and O–H groups in total. The Hall–Kier alpha value is -4.28. The molecule has 0 radical (unpaired) electrons. The average Bonchev–Trinajstić information content (AvgIpc) is 3.70. The number of hydrogen-bond acceptors (Lipinski definition) is 9. The molecule has 0 spiro atoms. The van der Waals surface area contributed by atoms with E-state index >= 15 is 9.18 Å². The molecule has 1 fully saturated rings. The number of hydrogen-bond donors (Lipinski definition) is 0. The van der Waals surface area contributed by atoms with E-state index in [1.165, 1.54) is 60.3 Å². The van der Waals surface area contributed by atoms with Crippen LogP contribution < -0.4 is 23.3 Å². The number of methoxy groups -OCH3 is 1. The Kier molecular flexibility index (Phi) is 7.96. The van der Waals surface area contributed by atoms with Crippen LogP contribution in [0.3, 0.4) is 0 Å². The number of fused-ring (bicyclic) bond motifs is 2. The third kappa shape index (κ3) is 5.18. The normalized spacial score (nSPS) is 22.4. The molecule has 3 atom stereocenters. The van der Waals surface area contributed by atoms with Gasteiger partial charge in [-0.1, -0.05) is 23.7 Å². The van der Waals surface area contributed by atoms with E-state index < -0.39 is 63.1 Å². The van der Waals surface area contributed by atoms with Crippen LogP contribution >= 0.6 is 11.6 Å². The Bertz CT molecular complexity index is 1890. The summed E-state index contributed by atoms with van der Waals surface area (Å²) < 4.78 is 106. The topological polar surface area (TPSA) is 115 Å². The van der Waals surface area contributed by atoms with Crippen molar-refractivity contribution in [1.82, 2.24) is 9.80 Å². The van der Waals surface area contributed by atoms with E-state index in [-0.39, 0.29) is 52.3 Å². The summed E-state index contributed by atoms with van der Waals surface area (Å²) in [6.07, 6.45) is -7.30. The van der Waals surface area contributed by atoms with Gasteiger partial charge in [0.1, 0.15) is 16.8 Å². The summed E-state index contributed by atoms with van der Waals surface area (Å²) in [5.74, 6) is -2.95. The summed E-state index contributed by atoms with van der Waals surface area (Å²) in [5.41, 5.74) is -2.69. The van der Waals surface area contributed by atoms with E-state index in [9.17, 15) is 26.4 Å². The van der Waals surface area contributed by atoms with Gasteiger partial charge in [0.25, 0.3) is 15.9 Å². The van der Waals surface area contributed by atoms with E-state index in [1.807, 2.05) is 0 Å². The number of benzene rings is 3. The summed E-state index contributed by atoms with van der Waals surface area (Å²) in [6.45, 7) is -0.776. The SMILES string of the molecule is COc1ccc(S(=O)(=O)N2C(=O)C(c3cccc4c3OCO4)(N3C[C@@H](F)C[C@@H]3C(=O)N(C)C)c3cc(Cl)ccc32)c(OC(F)(F)F)c1. The number of likely N-dealkylation sites (N-methyl/N-ethyl adjacent to an activating group) is 1. The van der Waals surface area contributed by atoms with Crippen LogP contribution in [0.15, 0.2) is 59.5 Å². The van der Waals surface area contributed by atoms with Crippen molar-refractivity contribution in [2.24, 2.45) is 0 Å². The number of amides is 2. The molecule has 3 aromatic rings. The first-order chi connectivity index (χ1) is 22.1. The van der Waals surface area contributed by atoms with Crippen molar-refractivity contribution in [2.45, 2.75) is 35.4 Å². The lowest BCUT2D eigenvalue weighted by molar-refractivity contribution is -0.275. The van der Waals surface area contributed by atoms with Crippen LogP contribution in [0.4, 0.5) is 23.2 Å². The highest BCUT2D eigenvalue weighted by atomic mass is 35.5. The van der Waals surface area contributed by atoms with Gasteiger partial charge in [0.2, 0.25) is 12.7 Å². The monoisotopic (exact) mass is 699 g/mol. The molecule has 0 aromatic heterocycles. The Morgan fingerprint density at radius 1 is 1.09 bits per heavy atom. The molecule has 3 aliphatic heterocycles. The van der Waals surface area contributed by atoms with Crippen molar-refractivity contribution in [2.75, 3.05) is 38.8 Å². The minimum atomic E-state index is -5.33. The molecule has 1 saturated heterocycles. The number of anilines is 1. The zero-order chi connectivity index (χ0) is 34.1. The summed E-state index contributed by atoms with van der Waals surface area (Å²) in [5, 5.41) is 0.0435. The second kappa shape index (κ2) is 11.5. The molecular weight excluding hydrogens is 674 g/mol. The number of likely N-dealkylation sites (tertiary alicyclic amines) is 1. The van der Waals surface area contributed by atoms with Crippen LogP contribution in [0, 0.1) is 0 Å². The number of rotatable bonds is 7. The summed E-state index contributed by atoms with van der Waals surface area (Å²) in [6, 6.07) is 9.58.